The Labute approximate surface area is 212 Å². The van der Waals surface area contributed by atoms with Crippen LogP contribution in [0.5, 0.6) is 0 Å². The van der Waals surface area contributed by atoms with Gasteiger partial charge in [0.25, 0.3) is 0 Å². The van der Waals surface area contributed by atoms with E-state index in [4.69, 9.17) is 0 Å². The van der Waals surface area contributed by atoms with E-state index in [1.54, 1.807) is 19.9 Å². The molecule has 2 aliphatic rings. The van der Waals surface area contributed by atoms with Crippen molar-refractivity contribution in [2.75, 3.05) is 4.90 Å². The Morgan fingerprint density at radius 2 is 1.76 bits per heavy atom. The molecule has 37 heavy (non-hydrogen) atoms. The summed E-state index contributed by atoms with van der Waals surface area (Å²) < 4.78 is 57.7. The topological polar surface area (TPSA) is 78.5 Å². The third kappa shape index (κ3) is 5.47. The molecule has 1 saturated carbocycles. The second kappa shape index (κ2) is 10.5. The van der Waals surface area contributed by atoms with Gasteiger partial charge in [0.2, 0.25) is 17.7 Å². The smallest absolute Gasteiger partial charge is 0.249 e. The minimum atomic E-state index is -1.36. The van der Waals surface area contributed by atoms with Gasteiger partial charge in [0.05, 0.1) is 5.69 Å². The maximum absolute atomic E-state index is 14.8. The lowest BCUT2D eigenvalue weighted by atomic mass is 10.0. The molecule has 0 radical (unpaired) electrons. The van der Waals surface area contributed by atoms with Crippen LogP contribution in [-0.4, -0.2) is 35.8 Å². The molecule has 1 aliphatic heterocycles. The third-order valence-corrected chi connectivity index (χ3v) is 6.99. The van der Waals surface area contributed by atoms with Crippen LogP contribution in [0.1, 0.15) is 44.7 Å². The summed E-state index contributed by atoms with van der Waals surface area (Å²) in [6, 6.07) is 3.22. The Hall–Kier alpha value is -3.43. The van der Waals surface area contributed by atoms with Crippen LogP contribution in [0.3, 0.4) is 0 Å². The molecule has 2 N–H and O–H groups in total. The van der Waals surface area contributed by atoms with Gasteiger partial charge >= 0.3 is 0 Å². The van der Waals surface area contributed by atoms with Gasteiger partial charge in [0.15, 0.2) is 11.6 Å². The predicted octanol–water partition coefficient (Wildman–Crippen LogP) is 3.80. The third-order valence-electron chi connectivity index (χ3n) is 6.99. The molecule has 6 nitrogen and oxygen atoms in total. The van der Waals surface area contributed by atoms with Crippen LogP contribution in [0, 0.1) is 35.1 Å². The van der Waals surface area contributed by atoms with E-state index in [1.165, 1.54) is 18.2 Å². The zero-order valence-corrected chi connectivity index (χ0v) is 20.8. The highest BCUT2D eigenvalue weighted by molar-refractivity contribution is 6.02. The molecule has 0 saturated heterocycles. The standard InChI is InChI=1S/C27H29F4N3O3/c1-13(2)34-24-16(23(31)19(29)12-20(24)30)8-9-21(27(34)37)32-26(36)22(33-25(35)17-10-14(17)3)11-15-6-4-5-7-18(15)28/h4-7,12-14,17,21-22H,8-11H2,1-3H3,(H,32,36)(H,33,35)/t14?,17?,21-,22-/m1/s1. The number of carbonyl (C=O) groups excluding carboxylic acids is 3. The fraction of sp³-hybridized carbons (Fsp3) is 0.444. The highest BCUT2D eigenvalue weighted by atomic mass is 19.2. The van der Waals surface area contributed by atoms with Crippen molar-refractivity contribution >= 4 is 23.4 Å². The molecule has 1 fully saturated rings. The van der Waals surface area contributed by atoms with Gasteiger partial charge in [0.1, 0.15) is 23.7 Å². The molecule has 2 aromatic rings. The molecule has 1 aliphatic carbocycles. The van der Waals surface area contributed by atoms with E-state index in [0.29, 0.717) is 12.5 Å². The highest BCUT2D eigenvalue weighted by Crippen LogP contribution is 2.38. The van der Waals surface area contributed by atoms with Gasteiger partial charge < -0.3 is 15.5 Å². The summed E-state index contributed by atoms with van der Waals surface area (Å²) in [6.07, 6.45) is 0.186. The van der Waals surface area contributed by atoms with E-state index in [0.717, 1.165) is 4.90 Å². The van der Waals surface area contributed by atoms with E-state index in [9.17, 15) is 31.9 Å². The molecule has 198 valence electrons. The first-order valence-corrected chi connectivity index (χ1v) is 12.3. The maximum atomic E-state index is 14.8. The number of anilines is 1. The van der Waals surface area contributed by atoms with E-state index in [1.807, 2.05) is 6.92 Å². The summed E-state index contributed by atoms with van der Waals surface area (Å²) in [5, 5.41) is 5.26. The zero-order valence-electron chi connectivity index (χ0n) is 20.8. The van der Waals surface area contributed by atoms with Crippen LogP contribution in [-0.2, 0) is 27.2 Å². The fourth-order valence-corrected chi connectivity index (χ4v) is 4.79. The van der Waals surface area contributed by atoms with Crippen molar-refractivity contribution in [3.05, 3.63) is 64.7 Å². The van der Waals surface area contributed by atoms with Crippen LogP contribution in [0.25, 0.3) is 0 Å². The molecule has 2 aromatic carbocycles. The molecule has 10 heteroatoms. The fourth-order valence-electron chi connectivity index (χ4n) is 4.79. The number of hydrogen-bond acceptors (Lipinski definition) is 3. The van der Waals surface area contributed by atoms with Crippen LogP contribution >= 0.6 is 0 Å². The summed E-state index contributed by atoms with van der Waals surface area (Å²) in [7, 11) is 0. The second-order valence-corrected chi connectivity index (χ2v) is 10.1. The Balaban J connectivity index is 1.60. The Morgan fingerprint density at radius 3 is 2.38 bits per heavy atom. The number of nitrogens with one attached hydrogen (secondary N) is 2. The number of halogens is 4. The average Bonchev–Trinajstić information content (AvgIpc) is 3.60. The van der Waals surface area contributed by atoms with Gasteiger partial charge in [-0.15, -0.1) is 0 Å². The Bertz CT molecular complexity index is 1240. The number of hydrogen-bond donors (Lipinski definition) is 2. The van der Waals surface area contributed by atoms with Crippen molar-refractivity contribution in [2.24, 2.45) is 11.8 Å². The van der Waals surface area contributed by atoms with E-state index >= 15 is 0 Å². The van der Waals surface area contributed by atoms with Crippen molar-refractivity contribution < 1.29 is 31.9 Å². The van der Waals surface area contributed by atoms with Gasteiger partial charge in [-0.25, -0.2) is 17.6 Å². The van der Waals surface area contributed by atoms with Gasteiger partial charge in [-0.1, -0.05) is 25.1 Å². The number of amides is 3. The van der Waals surface area contributed by atoms with E-state index < -0.39 is 53.2 Å². The second-order valence-electron chi connectivity index (χ2n) is 10.1. The number of fused-ring (bicyclic) bond motifs is 1. The van der Waals surface area contributed by atoms with Crippen molar-refractivity contribution in [2.45, 2.75) is 64.6 Å². The predicted molar refractivity (Wildman–Crippen MR) is 128 cm³/mol. The van der Waals surface area contributed by atoms with Crippen LogP contribution in [0.15, 0.2) is 30.3 Å². The van der Waals surface area contributed by atoms with Crippen LogP contribution in [0.2, 0.25) is 0 Å². The van der Waals surface area contributed by atoms with E-state index in [2.05, 4.69) is 10.6 Å². The molecule has 2 unspecified atom stereocenters. The minimum absolute atomic E-state index is 0.124. The quantitative estimate of drug-likeness (QED) is 0.432. The number of benzene rings is 2. The largest absolute Gasteiger partial charge is 0.344 e. The van der Waals surface area contributed by atoms with Crippen molar-refractivity contribution in [1.82, 2.24) is 10.6 Å². The van der Waals surface area contributed by atoms with Crippen molar-refractivity contribution in [3.63, 3.8) is 0 Å². The summed E-state index contributed by atoms with van der Waals surface area (Å²) in [6.45, 7) is 5.08. The molecule has 0 bridgehead atoms. The lowest BCUT2D eigenvalue weighted by Gasteiger charge is -2.30. The maximum Gasteiger partial charge on any atom is 0.249 e. The van der Waals surface area contributed by atoms with Gasteiger partial charge in [-0.05, 0) is 50.7 Å². The first-order chi connectivity index (χ1) is 17.5. The summed E-state index contributed by atoms with van der Waals surface area (Å²) >= 11 is 0. The minimum Gasteiger partial charge on any atom is -0.344 e. The monoisotopic (exact) mass is 519 g/mol. The number of carbonyl (C=O) groups is 3. The lowest BCUT2D eigenvalue weighted by Crippen LogP contribution is -2.56. The molecule has 4 atom stereocenters. The molecule has 0 aromatic heterocycles. The molecule has 0 spiro atoms. The van der Waals surface area contributed by atoms with Crippen LogP contribution < -0.4 is 15.5 Å². The summed E-state index contributed by atoms with van der Waals surface area (Å²) in [5.74, 6) is -6.08. The Morgan fingerprint density at radius 1 is 1.08 bits per heavy atom. The van der Waals surface area contributed by atoms with Gasteiger partial charge in [-0.3, -0.25) is 14.4 Å². The highest BCUT2D eigenvalue weighted by Gasteiger charge is 2.42. The van der Waals surface area contributed by atoms with Crippen molar-refractivity contribution in [3.8, 4) is 0 Å². The zero-order chi connectivity index (χ0) is 27.0. The van der Waals surface area contributed by atoms with Gasteiger partial charge in [0, 0.05) is 30.0 Å². The summed E-state index contributed by atoms with van der Waals surface area (Å²) in [5.41, 5.74) is -0.431. The lowest BCUT2D eigenvalue weighted by molar-refractivity contribution is -0.132. The molecule has 4 rings (SSSR count). The number of rotatable bonds is 7. The molecule has 1 heterocycles. The Kier molecular flexibility index (Phi) is 7.57. The normalized spacial score (nSPS) is 21.8. The molecule has 3 amide bonds. The van der Waals surface area contributed by atoms with Gasteiger partial charge in [-0.2, -0.15) is 0 Å². The number of nitrogens with zero attached hydrogens (tertiary/aromatic N) is 1. The first-order valence-electron chi connectivity index (χ1n) is 12.3. The first kappa shape index (κ1) is 26.6. The van der Waals surface area contributed by atoms with Crippen molar-refractivity contribution in [1.29, 1.82) is 0 Å². The van der Waals surface area contributed by atoms with E-state index in [-0.39, 0.29) is 53.8 Å². The average molecular weight is 520 g/mol. The molecular formula is C27H29F4N3O3. The SMILES string of the molecule is CC1CC1C(=O)N[C@H](Cc1ccccc1F)C(=O)N[C@@H]1CCc2c(F)c(F)cc(F)c2N(C(C)C)C1=O. The molecular weight excluding hydrogens is 490 g/mol. The summed E-state index contributed by atoms with van der Waals surface area (Å²) in [4.78, 5) is 40.4. The van der Waals surface area contributed by atoms with Crippen LogP contribution in [0.4, 0.5) is 23.2 Å².